The number of fused-ring (bicyclic) bond motifs is 1. The molecule has 2 radical (unpaired) electrons. The number of hydrogen-bond donors (Lipinski definition) is 0. The molecule has 0 saturated carbocycles. The second kappa shape index (κ2) is 1.32. The molecule has 2 rings (SSSR count). The van der Waals surface area contributed by atoms with Crippen LogP contribution in [-0.2, 0) is 0 Å². The van der Waals surface area contributed by atoms with E-state index in [-0.39, 0.29) is 0 Å². The highest BCUT2D eigenvalue weighted by atomic mass is 32.1. The predicted octanol–water partition coefficient (Wildman–Crippen LogP) is 0.996. The van der Waals surface area contributed by atoms with Crippen LogP contribution >= 0.6 is 11.5 Å². The predicted molar refractivity (Wildman–Crippen MR) is 30.7 cm³/mol. The van der Waals surface area contributed by atoms with Crippen molar-refractivity contribution in [2.24, 2.45) is 0 Å². The lowest BCUT2D eigenvalue weighted by Gasteiger charge is -1.70. The van der Waals surface area contributed by atoms with Crippen molar-refractivity contribution in [1.29, 1.82) is 0 Å². The molecule has 0 N–H and O–H groups in total. The lowest BCUT2D eigenvalue weighted by molar-refractivity contribution is 1.37. The summed E-state index contributed by atoms with van der Waals surface area (Å²) in [6, 6.07) is 1.83. The van der Waals surface area contributed by atoms with Crippen molar-refractivity contribution in [3.8, 4) is 0 Å². The molecule has 2 heterocycles. The van der Waals surface area contributed by atoms with Crippen molar-refractivity contribution >= 4 is 17.2 Å². The van der Waals surface area contributed by atoms with E-state index >= 15 is 0 Å². The zero-order valence-corrected chi connectivity index (χ0v) is 4.77. The maximum absolute atomic E-state index is 3.90. The first-order chi connectivity index (χ1) is 3.97. The van der Waals surface area contributed by atoms with Gasteiger partial charge in [-0.1, -0.05) is 11.5 Å². The Morgan fingerprint density at radius 2 is 2.75 bits per heavy atom. The number of hydrogen-bond acceptors (Lipinski definition) is 2. The Morgan fingerprint density at radius 3 is 3.62 bits per heavy atom. The van der Waals surface area contributed by atoms with Gasteiger partial charge in [-0.05, 0) is 0 Å². The second-order valence-corrected chi connectivity index (χ2v) is 2.22. The van der Waals surface area contributed by atoms with Crippen LogP contribution in [0.2, 0.25) is 0 Å². The van der Waals surface area contributed by atoms with E-state index in [1.165, 1.54) is 11.5 Å². The average Bonchev–Trinajstić information content (AvgIpc) is 2.15. The molecule has 2 nitrogen and oxygen atoms in total. The minimum absolute atomic E-state index is 0.926. The summed E-state index contributed by atoms with van der Waals surface area (Å²) in [5.74, 6) is 0. The Hall–Kier alpha value is -0.830. The smallest absolute Gasteiger partial charge is 0.148 e. The topological polar surface area (TPSA) is 17.3 Å². The Bertz CT molecular complexity index is 232. The molecule has 0 bridgehead atoms. The Labute approximate surface area is 50.6 Å². The highest BCUT2D eigenvalue weighted by Gasteiger charge is 1.89. The van der Waals surface area contributed by atoms with Crippen LogP contribution in [0, 0.1) is 11.6 Å². The van der Waals surface area contributed by atoms with E-state index in [2.05, 4.69) is 16.6 Å². The third-order valence-corrected chi connectivity index (χ3v) is 1.63. The fraction of sp³-hybridized carbons (Fsp3) is 0. The minimum Gasteiger partial charge on any atom is -0.254 e. The average molecular weight is 122 g/mol. The van der Waals surface area contributed by atoms with E-state index in [0.29, 0.717) is 0 Å². The largest absolute Gasteiger partial charge is 0.254 e. The Balaban J connectivity index is 3.06. The molecular formula is C5H2N2S. The van der Waals surface area contributed by atoms with Crippen LogP contribution in [0.5, 0.6) is 0 Å². The van der Waals surface area contributed by atoms with Gasteiger partial charge in [-0.3, -0.25) is 3.79 Å². The summed E-state index contributed by atoms with van der Waals surface area (Å²) in [5.41, 5.74) is 0.926. The van der Waals surface area contributed by atoms with Crippen molar-refractivity contribution in [3.05, 3.63) is 23.8 Å². The molecule has 2 aromatic rings. The first kappa shape index (κ1) is 4.09. The van der Waals surface area contributed by atoms with Crippen molar-refractivity contribution < 1.29 is 0 Å². The van der Waals surface area contributed by atoms with Crippen LogP contribution in [0.4, 0.5) is 0 Å². The van der Waals surface area contributed by atoms with Crippen LogP contribution in [0.3, 0.4) is 0 Å². The Kier molecular flexibility index (Phi) is 0.676. The number of aromatic nitrogens is 2. The number of imidazole rings is 1. The summed E-state index contributed by atoms with van der Waals surface area (Å²) in [7, 11) is 0. The van der Waals surface area contributed by atoms with Crippen LogP contribution in [0.25, 0.3) is 5.65 Å². The van der Waals surface area contributed by atoms with E-state index in [9.17, 15) is 0 Å². The molecule has 0 spiro atoms. The van der Waals surface area contributed by atoms with Gasteiger partial charge in [0.15, 0.2) is 0 Å². The molecule has 0 aromatic carbocycles. The lowest BCUT2D eigenvalue weighted by atomic mass is 10.7. The van der Waals surface area contributed by atoms with Crippen LogP contribution in [-0.4, -0.2) is 8.77 Å². The summed E-state index contributed by atoms with van der Waals surface area (Å²) in [6.07, 6.45) is 4.51. The van der Waals surface area contributed by atoms with E-state index in [4.69, 9.17) is 0 Å². The highest BCUT2D eigenvalue weighted by Crippen LogP contribution is 2.03. The van der Waals surface area contributed by atoms with Gasteiger partial charge in [0.2, 0.25) is 0 Å². The standard InChI is InChI=1S/C5H2N2S/c1-4-8-7-3-2-6-5(1)7/h1,3H. The van der Waals surface area contributed by atoms with Crippen LogP contribution in [0.15, 0.2) is 12.3 Å². The van der Waals surface area contributed by atoms with Gasteiger partial charge in [-0.25, -0.2) is 4.98 Å². The second-order valence-electron chi connectivity index (χ2n) is 1.41. The van der Waals surface area contributed by atoms with Crippen LogP contribution < -0.4 is 0 Å². The zero-order valence-electron chi connectivity index (χ0n) is 3.96. The monoisotopic (exact) mass is 122 g/mol. The molecule has 2 aromatic heterocycles. The third-order valence-electron chi connectivity index (χ3n) is 0.919. The summed E-state index contributed by atoms with van der Waals surface area (Å²) in [6.45, 7) is 0. The molecule has 3 heteroatoms. The fourth-order valence-corrected chi connectivity index (χ4v) is 1.13. The van der Waals surface area contributed by atoms with Crippen molar-refractivity contribution in [3.63, 3.8) is 0 Å². The van der Waals surface area contributed by atoms with Gasteiger partial charge in [-0.2, -0.15) is 0 Å². The SMILES string of the molecule is [c]1cn2s[c]cc2n1. The van der Waals surface area contributed by atoms with E-state index < -0.39 is 0 Å². The molecule has 0 unspecified atom stereocenters. The molecule has 0 aliphatic rings. The van der Waals surface area contributed by atoms with E-state index in [1.807, 2.05) is 9.86 Å². The molecular weight excluding hydrogens is 120 g/mol. The molecule has 8 heavy (non-hydrogen) atoms. The quantitative estimate of drug-likeness (QED) is 0.509. The number of rotatable bonds is 0. The highest BCUT2D eigenvalue weighted by molar-refractivity contribution is 7.04. The fourth-order valence-electron chi connectivity index (χ4n) is 0.568. The maximum atomic E-state index is 3.90. The first-order valence-electron chi connectivity index (χ1n) is 2.18. The third kappa shape index (κ3) is 0.391. The van der Waals surface area contributed by atoms with Gasteiger partial charge in [0.05, 0.1) is 11.6 Å². The molecule has 0 atom stereocenters. The van der Waals surface area contributed by atoms with Gasteiger partial charge >= 0.3 is 0 Å². The van der Waals surface area contributed by atoms with Gasteiger partial charge in [-0.15, -0.1) is 0 Å². The van der Waals surface area contributed by atoms with Crippen molar-refractivity contribution in [2.45, 2.75) is 0 Å². The Morgan fingerprint density at radius 1 is 1.75 bits per heavy atom. The molecule has 0 saturated heterocycles. The molecule has 0 fully saturated rings. The van der Waals surface area contributed by atoms with Gasteiger partial charge in [0, 0.05) is 6.07 Å². The molecule has 0 aliphatic heterocycles. The summed E-state index contributed by atoms with van der Waals surface area (Å²) in [5, 5.41) is 2.94. The minimum atomic E-state index is 0.926. The van der Waals surface area contributed by atoms with E-state index in [1.54, 1.807) is 6.20 Å². The summed E-state index contributed by atoms with van der Waals surface area (Å²) in [4.78, 5) is 3.90. The zero-order chi connectivity index (χ0) is 5.40. The summed E-state index contributed by atoms with van der Waals surface area (Å²) < 4.78 is 1.90. The first-order valence-corrected chi connectivity index (χ1v) is 2.96. The van der Waals surface area contributed by atoms with Crippen molar-refractivity contribution in [2.75, 3.05) is 0 Å². The van der Waals surface area contributed by atoms with Crippen molar-refractivity contribution in [1.82, 2.24) is 8.77 Å². The van der Waals surface area contributed by atoms with Gasteiger partial charge < -0.3 is 0 Å². The van der Waals surface area contributed by atoms with Crippen LogP contribution in [0.1, 0.15) is 0 Å². The van der Waals surface area contributed by atoms with E-state index in [0.717, 1.165) is 5.65 Å². The number of nitrogens with zero attached hydrogens (tertiary/aromatic N) is 2. The summed E-state index contributed by atoms with van der Waals surface area (Å²) >= 11 is 1.49. The normalized spacial score (nSPS) is 10.5. The van der Waals surface area contributed by atoms with Gasteiger partial charge in [0.1, 0.15) is 11.8 Å². The maximum Gasteiger partial charge on any atom is 0.148 e. The molecule has 0 amide bonds. The molecule has 0 aliphatic carbocycles. The van der Waals surface area contributed by atoms with Gasteiger partial charge in [0.25, 0.3) is 0 Å². The molecule has 38 valence electrons. The lowest BCUT2D eigenvalue weighted by Crippen LogP contribution is -1.63.